The first kappa shape index (κ1) is 21.9. The molecule has 1 fully saturated rings. The van der Waals surface area contributed by atoms with Crippen molar-refractivity contribution in [1.29, 1.82) is 0 Å². The number of nitrogens with one attached hydrogen (secondary N) is 1. The van der Waals surface area contributed by atoms with Crippen LogP contribution in [0.25, 0.3) is 27.8 Å². The van der Waals surface area contributed by atoms with E-state index >= 15 is 0 Å². The second kappa shape index (κ2) is 8.79. The Labute approximate surface area is 192 Å². The van der Waals surface area contributed by atoms with Crippen molar-refractivity contribution in [2.24, 2.45) is 5.92 Å². The van der Waals surface area contributed by atoms with Gasteiger partial charge in [0.05, 0.1) is 29.6 Å². The molecule has 0 spiro atoms. The highest BCUT2D eigenvalue weighted by atomic mass is 19.2. The van der Waals surface area contributed by atoms with Gasteiger partial charge in [-0.25, -0.2) is 13.5 Å². The van der Waals surface area contributed by atoms with Gasteiger partial charge in [0.25, 0.3) is 11.5 Å². The third-order valence-corrected chi connectivity index (χ3v) is 6.01. The van der Waals surface area contributed by atoms with Gasteiger partial charge in [-0.1, -0.05) is 5.21 Å². The molecule has 1 aliphatic heterocycles. The SMILES string of the molecule is COC[C@H]1CCN(C(=O)c2ccc(-n3cc(-c4cc5cc(F)c(F)cc5[nH]c4=O)nn3)cc2)C1. The number of pyridine rings is 1. The molecule has 0 saturated carbocycles. The number of benzene rings is 2. The van der Waals surface area contributed by atoms with Gasteiger partial charge in [0.1, 0.15) is 5.69 Å². The number of hydrogen-bond acceptors (Lipinski definition) is 5. The van der Waals surface area contributed by atoms with E-state index in [0.717, 1.165) is 18.6 Å². The fraction of sp³-hybridized carbons (Fsp3) is 0.250. The zero-order valence-corrected chi connectivity index (χ0v) is 18.3. The molecular weight excluding hydrogens is 444 g/mol. The van der Waals surface area contributed by atoms with Crippen molar-refractivity contribution >= 4 is 16.8 Å². The summed E-state index contributed by atoms with van der Waals surface area (Å²) in [7, 11) is 1.66. The second-order valence-corrected chi connectivity index (χ2v) is 8.32. The first-order valence-corrected chi connectivity index (χ1v) is 10.8. The minimum Gasteiger partial charge on any atom is -0.384 e. The predicted octanol–water partition coefficient (Wildman–Crippen LogP) is 3.16. The second-order valence-electron chi connectivity index (χ2n) is 8.32. The molecule has 34 heavy (non-hydrogen) atoms. The molecule has 5 rings (SSSR count). The summed E-state index contributed by atoms with van der Waals surface area (Å²) in [6.07, 6.45) is 2.48. The van der Waals surface area contributed by atoms with Crippen molar-refractivity contribution < 1.29 is 18.3 Å². The average molecular weight is 465 g/mol. The van der Waals surface area contributed by atoms with Crippen LogP contribution in [0.2, 0.25) is 0 Å². The molecule has 4 aromatic rings. The Morgan fingerprint density at radius 1 is 1.18 bits per heavy atom. The lowest BCUT2D eigenvalue weighted by molar-refractivity contribution is 0.0775. The van der Waals surface area contributed by atoms with Crippen LogP contribution in [0.4, 0.5) is 8.78 Å². The highest BCUT2D eigenvalue weighted by molar-refractivity contribution is 5.94. The number of aromatic amines is 1. The van der Waals surface area contributed by atoms with Crippen molar-refractivity contribution in [2.45, 2.75) is 6.42 Å². The number of halogens is 2. The van der Waals surface area contributed by atoms with E-state index in [-0.39, 0.29) is 22.7 Å². The van der Waals surface area contributed by atoms with Crippen LogP contribution in [0.1, 0.15) is 16.8 Å². The van der Waals surface area contributed by atoms with Gasteiger partial charge in [-0.15, -0.1) is 5.10 Å². The number of methoxy groups -OCH3 is 1. The number of ether oxygens (including phenoxy) is 1. The molecule has 1 N–H and O–H groups in total. The highest BCUT2D eigenvalue weighted by Gasteiger charge is 2.26. The number of amides is 1. The third-order valence-electron chi connectivity index (χ3n) is 6.01. The summed E-state index contributed by atoms with van der Waals surface area (Å²) in [6, 6.07) is 10.3. The molecule has 10 heteroatoms. The molecule has 2 aromatic carbocycles. The topological polar surface area (TPSA) is 93.1 Å². The molecule has 0 radical (unpaired) electrons. The van der Waals surface area contributed by atoms with E-state index in [2.05, 4.69) is 15.3 Å². The molecular formula is C24H21F2N5O3. The molecule has 174 valence electrons. The van der Waals surface area contributed by atoms with Gasteiger partial charge in [-0.3, -0.25) is 9.59 Å². The van der Waals surface area contributed by atoms with E-state index < -0.39 is 17.2 Å². The normalized spacial score (nSPS) is 15.9. The number of likely N-dealkylation sites (tertiary alicyclic amines) is 1. The quantitative estimate of drug-likeness (QED) is 0.489. The Morgan fingerprint density at radius 2 is 1.94 bits per heavy atom. The number of carbonyl (C=O) groups is 1. The Kier molecular flexibility index (Phi) is 5.66. The fourth-order valence-corrected chi connectivity index (χ4v) is 4.23. The largest absolute Gasteiger partial charge is 0.384 e. The highest BCUT2D eigenvalue weighted by Crippen LogP contribution is 2.22. The number of nitrogens with zero attached hydrogens (tertiary/aromatic N) is 4. The summed E-state index contributed by atoms with van der Waals surface area (Å²) in [5.41, 5.74) is 1.36. The number of aromatic nitrogens is 4. The summed E-state index contributed by atoms with van der Waals surface area (Å²) >= 11 is 0. The van der Waals surface area contributed by atoms with Crippen molar-refractivity contribution in [2.75, 3.05) is 26.8 Å². The van der Waals surface area contributed by atoms with Gasteiger partial charge in [0.15, 0.2) is 11.6 Å². The van der Waals surface area contributed by atoms with Crippen molar-refractivity contribution in [3.05, 3.63) is 76.2 Å². The summed E-state index contributed by atoms with van der Waals surface area (Å²) in [5, 5.41) is 8.46. The van der Waals surface area contributed by atoms with E-state index in [4.69, 9.17) is 4.74 Å². The zero-order valence-electron chi connectivity index (χ0n) is 18.3. The first-order valence-electron chi connectivity index (χ1n) is 10.8. The van der Waals surface area contributed by atoms with Gasteiger partial charge in [0, 0.05) is 43.1 Å². The van der Waals surface area contributed by atoms with Crippen LogP contribution in [0.3, 0.4) is 0 Å². The van der Waals surface area contributed by atoms with Gasteiger partial charge in [-0.05, 0) is 42.8 Å². The summed E-state index contributed by atoms with van der Waals surface area (Å²) in [4.78, 5) is 29.6. The maximum atomic E-state index is 13.6. The fourth-order valence-electron chi connectivity index (χ4n) is 4.23. The molecule has 1 saturated heterocycles. The average Bonchev–Trinajstić information content (AvgIpc) is 3.50. The molecule has 0 unspecified atom stereocenters. The lowest BCUT2D eigenvalue weighted by atomic mass is 10.1. The Morgan fingerprint density at radius 3 is 2.71 bits per heavy atom. The number of fused-ring (bicyclic) bond motifs is 1. The van der Waals surface area contributed by atoms with Crippen LogP contribution >= 0.6 is 0 Å². The molecule has 3 heterocycles. The number of hydrogen-bond donors (Lipinski definition) is 1. The smallest absolute Gasteiger partial charge is 0.258 e. The van der Waals surface area contributed by atoms with E-state index in [1.807, 2.05) is 4.90 Å². The predicted molar refractivity (Wildman–Crippen MR) is 121 cm³/mol. The summed E-state index contributed by atoms with van der Waals surface area (Å²) in [5.74, 6) is -1.72. The summed E-state index contributed by atoms with van der Waals surface area (Å²) in [6.45, 7) is 2.03. The van der Waals surface area contributed by atoms with Crippen LogP contribution in [0.5, 0.6) is 0 Å². The van der Waals surface area contributed by atoms with Crippen molar-refractivity contribution in [3.63, 3.8) is 0 Å². The van der Waals surface area contributed by atoms with Crippen molar-refractivity contribution in [1.82, 2.24) is 24.9 Å². The number of H-pyrrole nitrogens is 1. The molecule has 0 bridgehead atoms. The van der Waals surface area contributed by atoms with E-state index in [0.29, 0.717) is 42.3 Å². The van der Waals surface area contributed by atoms with Gasteiger partial charge < -0.3 is 14.6 Å². The Bertz CT molecular complexity index is 1430. The lowest BCUT2D eigenvalue weighted by Crippen LogP contribution is -2.29. The van der Waals surface area contributed by atoms with Crippen LogP contribution in [0.15, 0.2) is 53.5 Å². The third kappa shape index (κ3) is 4.08. The van der Waals surface area contributed by atoms with Crippen LogP contribution < -0.4 is 5.56 Å². The van der Waals surface area contributed by atoms with Gasteiger partial charge in [-0.2, -0.15) is 0 Å². The van der Waals surface area contributed by atoms with Crippen LogP contribution in [-0.2, 0) is 4.74 Å². The van der Waals surface area contributed by atoms with E-state index in [1.165, 1.54) is 10.7 Å². The standard InChI is InChI=1S/C24H21F2N5O3/c1-34-13-14-6-7-30(11-14)24(33)15-2-4-17(5-3-15)31-12-22(28-29-31)18-8-16-9-19(25)20(26)10-21(16)27-23(18)32/h2-5,8-10,12,14H,6-7,11,13H2,1H3,(H,27,32)/t14-/m0/s1. The van der Waals surface area contributed by atoms with E-state index in [1.54, 1.807) is 37.6 Å². The van der Waals surface area contributed by atoms with Gasteiger partial charge in [0.2, 0.25) is 0 Å². The molecule has 2 aromatic heterocycles. The minimum atomic E-state index is -1.04. The van der Waals surface area contributed by atoms with Gasteiger partial charge >= 0.3 is 0 Å². The monoisotopic (exact) mass is 465 g/mol. The Hall–Kier alpha value is -3.92. The van der Waals surface area contributed by atoms with Crippen molar-refractivity contribution in [3.8, 4) is 16.9 Å². The molecule has 1 aliphatic rings. The molecule has 8 nitrogen and oxygen atoms in total. The number of rotatable bonds is 5. The number of carbonyl (C=O) groups excluding carboxylic acids is 1. The minimum absolute atomic E-state index is 0.0317. The molecule has 0 aliphatic carbocycles. The maximum Gasteiger partial charge on any atom is 0.258 e. The zero-order chi connectivity index (χ0) is 23.8. The molecule has 1 atom stereocenters. The summed E-state index contributed by atoms with van der Waals surface area (Å²) < 4.78 is 33.7. The first-order chi connectivity index (χ1) is 16.4. The van der Waals surface area contributed by atoms with E-state index in [9.17, 15) is 18.4 Å². The maximum absolute atomic E-state index is 13.6. The van der Waals surface area contributed by atoms with Crippen LogP contribution in [-0.4, -0.2) is 57.6 Å². The Balaban J connectivity index is 1.37. The molecule has 1 amide bonds. The van der Waals surface area contributed by atoms with Crippen LogP contribution in [0, 0.1) is 17.6 Å². The lowest BCUT2D eigenvalue weighted by Gasteiger charge is -2.16.